The molecule has 9 heteroatoms. The van der Waals surface area contributed by atoms with Gasteiger partial charge in [0.15, 0.2) is 8.68 Å². The molecule has 0 N–H and O–H groups in total. The van der Waals surface area contributed by atoms with Gasteiger partial charge in [-0.25, -0.2) is 9.97 Å². The average Bonchev–Trinajstić information content (AvgIpc) is 2.97. The molecule has 0 fully saturated rings. The molecule has 0 amide bonds. The highest BCUT2D eigenvalue weighted by molar-refractivity contribution is 8.03. The fraction of sp³-hybridized carbons (Fsp3) is 0.111. The standard InChI is InChI=1S/C9H5ClN4S4/c1-15-8-13-14-9(18-8)17-6-4-2-3-16-5(4)11-7(10)12-6/h2-3H,1H3. The zero-order chi connectivity index (χ0) is 12.5. The van der Waals surface area contributed by atoms with Crippen LogP contribution >= 0.6 is 57.8 Å². The molecule has 0 aliphatic carbocycles. The first-order valence-corrected chi connectivity index (χ1v) is 8.84. The van der Waals surface area contributed by atoms with Crippen molar-refractivity contribution in [3.8, 4) is 0 Å². The van der Waals surface area contributed by atoms with Crippen molar-refractivity contribution in [1.82, 2.24) is 20.2 Å². The summed E-state index contributed by atoms with van der Waals surface area (Å²) in [7, 11) is 0. The number of nitrogens with zero attached hydrogens (tertiary/aromatic N) is 4. The molecule has 0 saturated heterocycles. The molecule has 4 nitrogen and oxygen atoms in total. The zero-order valence-corrected chi connectivity index (χ0v) is 13.0. The van der Waals surface area contributed by atoms with Crippen LogP contribution in [0, 0.1) is 0 Å². The van der Waals surface area contributed by atoms with Gasteiger partial charge in [-0.15, -0.1) is 21.5 Å². The largest absolute Gasteiger partial charge is 0.224 e. The minimum Gasteiger partial charge on any atom is -0.210 e. The van der Waals surface area contributed by atoms with E-state index in [1.807, 2.05) is 17.7 Å². The van der Waals surface area contributed by atoms with Gasteiger partial charge in [0.25, 0.3) is 0 Å². The second kappa shape index (κ2) is 5.30. The van der Waals surface area contributed by atoms with Gasteiger partial charge in [0, 0.05) is 5.39 Å². The Morgan fingerprint density at radius 3 is 2.83 bits per heavy atom. The van der Waals surface area contributed by atoms with Crippen LogP contribution in [0.4, 0.5) is 0 Å². The van der Waals surface area contributed by atoms with E-state index in [2.05, 4.69) is 20.2 Å². The lowest BCUT2D eigenvalue weighted by molar-refractivity contribution is 0.954. The summed E-state index contributed by atoms with van der Waals surface area (Å²) in [6, 6.07) is 2.00. The maximum absolute atomic E-state index is 5.91. The van der Waals surface area contributed by atoms with Crippen LogP contribution in [0.15, 0.2) is 25.2 Å². The molecule has 3 aromatic heterocycles. The van der Waals surface area contributed by atoms with Gasteiger partial charge >= 0.3 is 0 Å². The Balaban J connectivity index is 2.00. The van der Waals surface area contributed by atoms with Gasteiger partial charge in [-0.05, 0) is 41.1 Å². The van der Waals surface area contributed by atoms with Crippen LogP contribution in [0.25, 0.3) is 10.2 Å². The summed E-state index contributed by atoms with van der Waals surface area (Å²) in [6.45, 7) is 0. The van der Waals surface area contributed by atoms with Gasteiger partial charge in [0.05, 0.1) is 0 Å². The monoisotopic (exact) mass is 332 g/mol. The van der Waals surface area contributed by atoms with E-state index in [0.717, 1.165) is 23.9 Å². The third-order valence-electron chi connectivity index (χ3n) is 2.01. The second-order valence-electron chi connectivity index (χ2n) is 3.08. The molecule has 0 spiro atoms. The fourth-order valence-electron chi connectivity index (χ4n) is 1.28. The summed E-state index contributed by atoms with van der Waals surface area (Å²) in [4.78, 5) is 9.34. The molecule has 0 aliphatic heterocycles. The van der Waals surface area contributed by atoms with Gasteiger partial charge in [0.1, 0.15) is 9.86 Å². The molecule has 3 rings (SSSR count). The Kier molecular flexibility index (Phi) is 3.71. The van der Waals surface area contributed by atoms with E-state index >= 15 is 0 Å². The van der Waals surface area contributed by atoms with Crippen LogP contribution in [-0.4, -0.2) is 26.4 Å². The van der Waals surface area contributed by atoms with E-state index < -0.39 is 0 Å². The molecule has 0 aliphatic rings. The molecule has 0 atom stereocenters. The predicted octanol–water partition coefficient (Wildman–Crippen LogP) is 4.07. The Bertz CT molecular complexity index is 695. The normalized spacial score (nSPS) is 11.2. The predicted molar refractivity (Wildman–Crippen MR) is 78.2 cm³/mol. The lowest BCUT2D eigenvalue weighted by Crippen LogP contribution is -1.86. The maximum atomic E-state index is 5.91. The number of thioether (sulfide) groups is 1. The van der Waals surface area contributed by atoms with Crippen LogP contribution in [0.3, 0.4) is 0 Å². The molecule has 0 bridgehead atoms. The van der Waals surface area contributed by atoms with Gasteiger partial charge in [-0.2, -0.15) is 0 Å². The molecule has 0 saturated carbocycles. The van der Waals surface area contributed by atoms with Crippen molar-refractivity contribution in [1.29, 1.82) is 0 Å². The molecule has 3 aromatic rings. The van der Waals surface area contributed by atoms with Crippen molar-refractivity contribution >= 4 is 68.0 Å². The molecule has 3 heterocycles. The van der Waals surface area contributed by atoms with Crippen molar-refractivity contribution < 1.29 is 0 Å². The average molecular weight is 333 g/mol. The van der Waals surface area contributed by atoms with Gasteiger partial charge in [0.2, 0.25) is 5.28 Å². The van der Waals surface area contributed by atoms with Crippen LogP contribution in [0.5, 0.6) is 0 Å². The van der Waals surface area contributed by atoms with Crippen molar-refractivity contribution in [2.24, 2.45) is 0 Å². The quantitative estimate of drug-likeness (QED) is 0.409. The molecule has 0 radical (unpaired) electrons. The highest BCUT2D eigenvalue weighted by atomic mass is 35.5. The minimum atomic E-state index is 0.266. The summed E-state index contributed by atoms with van der Waals surface area (Å²) in [5.74, 6) is 0. The molecular formula is C9H5ClN4S4. The summed E-state index contributed by atoms with van der Waals surface area (Å²) >= 11 is 12.1. The molecule has 0 aromatic carbocycles. The van der Waals surface area contributed by atoms with Crippen molar-refractivity contribution in [2.45, 2.75) is 13.7 Å². The van der Waals surface area contributed by atoms with Crippen LogP contribution in [0.1, 0.15) is 0 Å². The number of fused-ring (bicyclic) bond motifs is 1. The van der Waals surface area contributed by atoms with Gasteiger partial charge in [-0.1, -0.05) is 23.1 Å². The van der Waals surface area contributed by atoms with E-state index in [-0.39, 0.29) is 5.28 Å². The molecule has 18 heavy (non-hydrogen) atoms. The first-order valence-electron chi connectivity index (χ1n) is 4.72. The van der Waals surface area contributed by atoms with E-state index in [9.17, 15) is 0 Å². The van der Waals surface area contributed by atoms with Crippen LogP contribution < -0.4 is 0 Å². The van der Waals surface area contributed by atoms with E-state index in [4.69, 9.17) is 11.6 Å². The van der Waals surface area contributed by atoms with E-state index in [1.165, 1.54) is 11.8 Å². The summed E-state index contributed by atoms with van der Waals surface area (Å²) in [5.41, 5.74) is 0. The highest BCUT2D eigenvalue weighted by Crippen LogP contribution is 2.36. The maximum Gasteiger partial charge on any atom is 0.224 e. The summed E-state index contributed by atoms with van der Waals surface area (Å²) in [6.07, 6.45) is 1.98. The SMILES string of the molecule is CSc1nnc(Sc2nc(Cl)nc3sccc23)s1. The Labute approximate surface area is 124 Å². The Morgan fingerprint density at radius 2 is 2.06 bits per heavy atom. The van der Waals surface area contributed by atoms with E-state index in [0.29, 0.717) is 0 Å². The lowest BCUT2D eigenvalue weighted by atomic mass is 10.4. The second-order valence-corrected chi connectivity index (χ2v) is 7.58. The topological polar surface area (TPSA) is 51.6 Å². The molecule has 0 unspecified atom stereocenters. The smallest absolute Gasteiger partial charge is 0.210 e. The fourth-order valence-corrected chi connectivity index (χ4v) is 4.84. The van der Waals surface area contributed by atoms with Crippen molar-refractivity contribution in [3.63, 3.8) is 0 Å². The Morgan fingerprint density at radius 1 is 1.22 bits per heavy atom. The third-order valence-corrected chi connectivity index (χ3v) is 5.94. The third kappa shape index (κ3) is 2.48. The number of hydrogen-bond donors (Lipinski definition) is 0. The Hall–Kier alpha value is -0.410. The zero-order valence-electron chi connectivity index (χ0n) is 8.95. The number of aromatic nitrogens is 4. The molecular weight excluding hydrogens is 328 g/mol. The van der Waals surface area contributed by atoms with Gasteiger partial charge < -0.3 is 0 Å². The number of rotatable bonds is 3. The number of thiophene rings is 1. The number of halogens is 1. The first kappa shape index (κ1) is 12.6. The van der Waals surface area contributed by atoms with Crippen molar-refractivity contribution in [2.75, 3.05) is 6.26 Å². The lowest BCUT2D eigenvalue weighted by Gasteiger charge is -1.99. The summed E-state index contributed by atoms with van der Waals surface area (Å²) < 4.78 is 1.81. The van der Waals surface area contributed by atoms with Crippen molar-refractivity contribution in [3.05, 3.63) is 16.7 Å². The van der Waals surface area contributed by atoms with E-state index in [1.54, 1.807) is 34.4 Å². The van der Waals surface area contributed by atoms with Gasteiger partial charge in [-0.3, -0.25) is 0 Å². The van der Waals surface area contributed by atoms with Crippen LogP contribution in [-0.2, 0) is 0 Å². The first-order chi connectivity index (χ1) is 8.76. The highest BCUT2D eigenvalue weighted by Gasteiger charge is 2.12. The summed E-state index contributed by atoms with van der Waals surface area (Å²) in [5, 5.41) is 12.3. The molecule has 92 valence electrons. The minimum absolute atomic E-state index is 0.266. The van der Waals surface area contributed by atoms with Crippen LogP contribution in [0.2, 0.25) is 5.28 Å². The number of hydrogen-bond acceptors (Lipinski definition) is 8.